The Labute approximate surface area is 211 Å². The summed E-state index contributed by atoms with van der Waals surface area (Å²) in [6.07, 6.45) is 1.72. The number of carbonyl (C=O) groups excluding carboxylic acids is 1. The molecule has 0 bridgehead atoms. The Hall–Kier alpha value is -3.43. The highest BCUT2D eigenvalue weighted by atomic mass is 32.2. The van der Waals surface area contributed by atoms with Crippen LogP contribution >= 0.6 is 11.8 Å². The second-order valence-electron chi connectivity index (χ2n) is 8.32. The first-order chi connectivity index (χ1) is 17.3. The number of hydrogen-bond donors (Lipinski definition) is 1. The monoisotopic (exact) mass is 513 g/mol. The van der Waals surface area contributed by atoms with Crippen molar-refractivity contribution in [2.24, 2.45) is 0 Å². The molecule has 0 spiro atoms. The van der Waals surface area contributed by atoms with Crippen LogP contribution in [0.1, 0.15) is 22.3 Å². The molecule has 188 valence electrons. The van der Waals surface area contributed by atoms with Gasteiger partial charge in [0.2, 0.25) is 0 Å². The van der Waals surface area contributed by atoms with E-state index in [9.17, 15) is 23.5 Å². The quantitative estimate of drug-likeness (QED) is 0.415. The Morgan fingerprint density at radius 1 is 1.08 bits per heavy atom. The zero-order valence-corrected chi connectivity index (χ0v) is 20.6. The first-order valence-corrected chi connectivity index (χ1v) is 12.5. The standard InChI is InChI=1S/C27H25F2NO5S/c1-34-23-10-11-30(25(23)27(32)33)26(31)18-5-3-4-16(12-18)15-35-19-8-6-17(7-9-19)20-13-21(28)22(29)14-24(20)36-2/h3-9,12-14,23,25H,10-11,15H2,1-2H3,(H,32,33)/t23-,25?/m1/s1. The van der Waals surface area contributed by atoms with E-state index >= 15 is 0 Å². The lowest BCUT2D eigenvalue weighted by molar-refractivity contribution is -0.144. The Bertz CT molecular complexity index is 1270. The summed E-state index contributed by atoms with van der Waals surface area (Å²) in [6, 6.07) is 15.2. The second-order valence-corrected chi connectivity index (χ2v) is 9.17. The van der Waals surface area contributed by atoms with Crippen molar-refractivity contribution in [3.8, 4) is 16.9 Å². The SMILES string of the molecule is CO[C@@H]1CCN(C(=O)c2cccc(COc3ccc(-c4cc(F)c(F)cc4SC)cc3)c2)C1C(=O)O. The van der Waals surface area contributed by atoms with Crippen molar-refractivity contribution < 1.29 is 33.0 Å². The van der Waals surface area contributed by atoms with Crippen molar-refractivity contribution in [3.63, 3.8) is 0 Å². The number of nitrogens with zero attached hydrogens (tertiary/aromatic N) is 1. The summed E-state index contributed by atoms with van der Waals surface area (Å²) >= 11 is 1.33. The third kappa shape index (κ3) is 5.37. The smallest absolute Gasteiger partial charge is 0.329 e. The highest BCUT2D eigenvalue weighted by Crippen LogP contribution is 2.33. The minimum Gasteiger partial charge on any atom is -0.489 e. The first kappa shape index (κ1) is 25.7. The molecule has 1 heterocycles. The molecule has 0 saturated carbocycles. The number of amides is 1. The number of carbonyl (C=O) groups is 2. The molecular weight excluding hydrogens is 488 g/mol. The van der Waals surface area contributed by atoms with Gasteiger partial charge in [-0.05, 0) is 65.8 Å². The molecule has 9 heteroatoms. The molecule has 1 N–H and O–H groups in total. The number of ether oxygens (including phenoxy) is 2. The van der Waals surface area contributed by atoms with Crippen molar-refractivity contribution >= 4 is 23.6 Å². The van der Waals surface area contributed by atoms with Crippen LogP contribution in [0.2, 0.25) is 0 Å². The lowest BCUT2D eigenvalue weighted by Gasteiger charge is -2.24. The van der Waals surface area contributed by atoms with Gasteiger partial charge < -0.3 is 19.5 Å². The number of thioether (sulfide) groups is 1. The van der Waals surface area contributed by atoms with Gasteiger partial charge in [-0.25, -0.2) is 13.6 Å². The van der Waals surface area contributed by atoms with E-state index < -0.39 is 29.7 Å². The Morgan fingerprint density at radius 2 is 1.81 bits per heavy atom. The summed E-state index contributed by atoms with van der Waals surface area (Å²) in [7, 11) is 1.44. The van der Waals surface area contributed by atoms with Crippen molar-refractivity contribution in [3.05, 3.63) is 83.4 Å². The number of hydrogen-bond acceptors (Lipinski definition) is 5. The molecule has 1 saturated heterocycles. The van der Waals surface area contributed by atoms with Gasteiger partial charge in [0.05, 0.1) is 6.10 Å². The van der Waals surface area contributed by atoms with Crippen LogP contribution in [0.25, 0.3) is 11.1 Å². The zero-order chi connectivity index (χ0) is 25.8. The van der Waals surface area contributed by atoms with Crippen molar-refractivity contribution in [1.29, 1.82) is 0 Å². The average Bonchev–Trinajstić information content (AvgIpc) is 3.33. The molecule has 0 aliphatic carbocycles. The molecule has 2 atom stereocenters. The number of benzene rings is 3. The molecule has 0 radical (unpaired) electrons. The maximum atomic E-state index is 13.8. The Kier molecular flexibility index (Phi) is 7.91. The number of rotatable bonds is 8. The van der Waals surface area contributed by atoms with Crippen LogP contribution in [-0.4, -0.2) is 53.9 Å². The fraction of sp³-hybridized carbons (Fsp3) is 0.259. The fourth-order valence-corrected chi connectivity index (χ4v) is 4.93. The van der Waals surface area contributed by atoms with Gasteiger partial charge in [-0.2, -0.15) is 0 Å². The van der Waals surface area contributed by atoms with Crippen LogP contribution in [0, 0.1) is 11.6 Å². The number of methoxy groups -OCH3 is 1. The van der Waals surface area contributed by atoms with Crippen LogP contribution in [0.4, 0.5) is 8.78 Å². The molecule has 6 nitrogen and oxygen atoms in total. The van der Waals surface area contributed by atoms with Crippen molar-refractivity contribution in [1.82, 2.24) is 4.90 Å². The summed E-state index contributed by atoms with van der Waals surface area (Å²) in [5.74, 6) is -2.69. The zero-order valence-electron chi connectivity index (χ0n) is 19.7. The van der Waals surface area contributed by atoms with Gasteiger partial charge >= 0.3 is 5.97 Å². The number of halogens is 2. The van der Waals surface area contributed by atoms with Gasteiger partial charge in [-0.15, -0.1) is 11.8 Å². The summed E-state index contributed by atoms with van der Waals surface area (Å²) in [6.45, 7) is 0.488. The maximum Gasteiger partial charge on any atom is 0.329 e. The second kappa shape index (κ2) is 11.1. The molecule has 1 unspecified atom stereocenters. The Balaban J connectivity index is 1.45. The molecule has 1 fully saturated rings. The van der Waals surface area contributed by atoms with Crippen LogP contribution < -0.4 is 4.74 Å². The topological polar surface area (TPSA) is 76.1 Å². The lowest BCUT2D eigenvalue weighted by Crippen LogP contribution is -2.45. The normalized spacial score (nSPS) is 17.3. The number of carboxylic acid groups (broad SMARTS) is 1. The van der Waals surface area contributed by atoms with Crippen LogP contribution in [0.3, 0.4) is 0 Å². The predicted molar refractivity (Wildman–Crippen MR) is 132 cm³/mol. The molecule has 4 rings (SSSR count). The first-order valence-electron chi connectivity index (χ1n) is 11.2. The van der Waals surface area contributed by atoms with Crippen LogP contribution in [0.5, 0.6) is 5.75 Å². The van der Waals surface area contributed by atoms with Gasteiger partial charge in [0, 0.05) is 24.1 Å². The van der Waals surface area contributed by atoms with Crippen molar-refractivity contribution in [2.45, 2.75) is 30.1 Å². The average molecular weight is 514 g/mol. The summed E-state index contributed by atoms with van der Waals surface area (Å²) in [5, 5.41) is 9.56. The van der Waals surface area contributed by atoms with Crippen LogP contribution in [0.15, 0.2) is 65.6 Å². The van der Waals surface area contributed by atoms with Crippen LogP contribution in [-0.2, 0) is 16.1 Å². The van der Waals surface area contributed by atoms with E-state index in [1.54, 1.807) is 48.7 Å². The fourth-order valence-electron chi connectivity index (χ4n) is 4.31. The third-order valence-corrected chi connectivity index (χ3v) is 6.92. The van der Waals surface area contributed by atoms with Gasteiger partial charge in [0.1, 0.15) is 12.4 Å². The molecule has 36 heavy (non-hydrogen) atoms. The Morgan fingerprint density at radius 3 is 2.47 bits per heavy atom. The molecular formula is C27H25F2NO5S. The molecule has 1 aliphatic heterocycles. The summed E-state index contributed by atoms with van der Waals surface area (Å²) in [5.41, 5.74) is 2.43. The molecule has 1 amide bonds. The van der Waals surface area contributed by atoms with E-state index in [-0.39, 0.29) is 12.5 Å². The van der Waals surface area contributed by atoms with Gasteiger partial charge in [0.25, 0.3) is 5.91 Å². The minimum absolute atomic E-state index is 0.185. The predicted octanol–water partition coefficient (Wildman–Crippen LogP) is 5.25. The van der Waals surface area contributed by atoms with Crippen molar-refractivity contribution in [2.75, 3.05) is 19.9 Å². The third-order valence-electron chi connectivity index (χ3n) is 6.15. The van der Waals surface area contributed by atoms with Gasteiger partial charge in [-0.3, -0.25) is 4.79 Å². The summed E-state index contributed by atoms with van der Waals surface area (Å²) < 4.78 is 38.5. The molecule has 3 aromatic carbocycles. The number of likely N-dealkylation sites (tertiary alicyclic amines) is 1. The van der Waals surface area contributed by atoms with E-state index in [1.165, 1.54) is 35.9 Å². The highest BCUT2D eigenvalue weighted by molar-refractivity contribution is 7.98. The van der Waals surface area contributed by atoms with Gasteiger partial charge in [-0.1, -0.05) is 24.3 Å². The van der Waals surface area contributed by atoms with E-state index in [0.717, 1.165) is 11.1 Å². The molecule has 3 aromatic rings. The molecule has 0 aromatic heterocycles. The van der Waals surface area contributed by atoms with E-state index in [2.05, 4.69) is 0 Å². The lowest BCUT2D eigenvalue weighted by atomic mass is 10.1. The van der Waals surface area contributed by atoms with Gasteiger partial charge in [0.15, 0.2) is 17.7 Å². The molecule has 1 aliphatic rings. The number of carboxylic acids is 1. The maximum absolute atomic E-state index is 13.8. The number of aliphatic carboxylic acids is 1. The minimum atomic E-state index is -1.09. The summed E-state index contributed by atoms with van der Waals surface area (Å²) in [4.78, 5) is 26.7. The van der Waals surface area contributed by atoms with E-state index in [4.69, 9.17) is 9.47 Å². The largest absolute Gasteiger partial charge is 0.489 e. The van der Waals surface area contributed by atoms with E-state index in [1.807, 2.05) is 6.07 Å². The highest BCUT2D eigenvalue weighted by Gasteiger charge is 2.42. The van der Waals surface area contributed by atoms with E-state index in [0.29, 0.717) is 34.7 Å².